The smallest absolute Gasteiger partial charge is 0.222 e. The fourth-order valence-corrected chi connectivity index (χ4v) is 2.46. The van der Waals surface area contributed by atoms with Gasteiger partial charge in [-0.3, -0.25) is 10.1 Å². The van der Waals surface area contributed by atoms with Gasteiger partial charge in [-0.05, 0) is 18.2 Å². The van der Waals surface area contributed by atoms with Gasteiger partial charge in [-0.2, -0.15) is 5.26 Å². The SMILES string of the molecule is CC(C1C(C#N)=C(N)Oc2ccc(Br)cc21)[N+](=O)[O-]. The summed E-state index contributed by atoms with van der Waals surface area (Å²) >= 11 is 3.31. The lowest BCUT2D eigenvalue weighted by molar-refractivity contribution is -0.520. The van der Waals surface area contributed by atoms with Crippen LogP contribution in [0.1, 0.15) is 18.4 Å². The lowest BCUT2D eigenvalue weighted by atomic mass is 9.84. The Balaban J connectivity index is 2.63. The van der Waals surface area contributed by atoms with E-state index in [4.69, 9.17) is 15.7 Å². The maximum Gasteiger partial charge on any atom is 0.222 e. The number of fused-ring (bicyclic) bond motifs is 1. The van der Waals surface area contributed by atoms with Crippen molar-refractivity contribution in [2.24, 2.45) is 5.73 Å². The van der Waals surface area contributed by atoms with Crippen LogP contribution in [0, 0.1) is 21.4 Å². The van der Waals surface area contributed by atoms with Crippen LogP contribution in [0.15, 0.2) is 34.1 Å². The molecule has 0 spiro atoms. The van der Waals surface area contributed by atoms with E-state index in [1.807, 2.05) is 6.07 Å². The van der Waals surface area contributed by atoms with Crippen molar-refractivity contribution < 1.29 is 9.66 Å². The molecule has 6 nitrogen and oxygen atoms in total. The molecule has 2 rings (SSSR count). The molecule has 2 unspecified atom stereocenters. The van der Waals surface area contributed by atoms with E-state index in [-0.39, 0.29) is 11.5 Å². The third kappa shape index (κ3) is 2.27. The highest BCUT2D eigenvalue weighted by Crippen LogP contribution is 2.41. The number of hydrogen-bond acceptors (Lipinski definition) is 5. The highest BCUT2D eigenvalue weighted by molar-refractivity contribution is 9.10. The van der Waals surface area contributed by atoms with Crippen LogP contribution in [0.5, 0.6) is 5.75 Å². The fourth-order valence-electron chi connectivity index (χ4n) is 2.08. The van der Waals surface area contributed by atoms with Gasteiger partial charge in [0, 0.05) is 21.9 Å². The van der Waals surface area contributed by atoms with Crippen molar-refractivity contribution in [3.8, 4) is 11.8 Å². The molecule has 98 valence electrons. The molecule has 0 bridgehead atoms. The van der Waals surface area contributed by atoms with Crippen LogP contribution in [0.3, 0.4) is 0 Å². The van der Waals surface area contributed by atoms with E-state index >= 15 is 0 Å². The number of hydrogen-bond donors (Lipinski definition) is 1. The molecule has 0 saturated carbocycles. The fraction of sp³-hybridized carbons (Fsp3) is 0.250. The highest BCUT2D eigenvalue weighted by atomic mass is 79.9. The van der Waals surface area contributed by atoms with Gasteiger partial charge in [-0.1, -0.05) is 15.9 Å². The number of nitro groups is 1. The van der Waals surface area contributed by atoms with E-state index in [2.05, 4.69) is 15.9 Å². The van der Waals surface area contributed by atoms with Gasteiger partial charge in [-0.25, -0.2) is 0 Å². The first-order valence-corrected chi connectivity index (χ1v) is 6.25. The predicted molar refractivity (Wildman–Crippen MR) is 70.8 cm³/mol. The Hall–Kier alpha value is -2.07. The molecular weight excluding hydrogens is 314 g/mol. The zero-order valence-electron chi connectivity index (χ0n) is 9.96. The molecule has 0 amide bonds. The average molecular weight is 324 g/mol. The number of ether oxygens (including phenoxy) is 1. The maximum absolute atomic E-state index is 11.0. The number of halogens is 1. The van der Waals surface area contributed by atoms with Crippen LogP contribution in [-0.2, 0) is 0 Å². The number of nitrogens with two attached hydrogens (primary N) is 1. The minimum atomic E-state index is -0.967. The summed E-state index contributed by atoms with van der Waals surface area (Å²) in [6.45, 7) is 1.45. The maximum atomic E-state index is 11.0. The van der Waals surface area contributed by atoms with Crippen molar-refractivity contribution in [3.05, 3.63) is 49.8 Å². The van der Waals surface area contributed by atoms with Gasteiger partial charge >= 0.3 is 0 Å². The first-order chi connectivity index (χ1) is 8.95. The Morgan fingerprint density at radius 3 is 2.89 bits per heavy atom. The molecule has 7 heteroatoms. The summed E-state index contributed by atoms with van der Waals surface area (Å²) in [5, 5.41) is 20.2. The number of rotatable bonds is 2. The van der Waals surface area contributed by atoms with Gasteiger partial charge in [-0.15, -0.1) is 0 Å². The van der Waals surface area contributed by atoms with Crippen molar-refractivity contribution in [1.29, 1.82) is 5.26 Å². The monoisotopic (exact) mass is 323 g/mol. The number of nitriles is 1. The van der Waals surface area contributed by atoms with E-state index in [0.717, 1.165) is 4.47 Å². The van der Waals surface area contributed by atoms with E-state index < -0.39 is 16.9 Å². The topological polar surface area (TPSA) is 102 Å². The van der Waals surface area contributed by atoms with Crippen LogP contribution >= 0.6 is 15.9 Å². The molecule has 1 aliphatic heterocycles. The third-order valence-corrected chi connectivity index (χ3v) is 3.53. The summed E-state index contributed by atoms with van der Waals surface area (Å²) in [5.41, 5.74) is 6.35. The standard InChI is InChI=1S/C12H10BrN3O3/c1-6(16(17)18)11-8-4-7(13)2-3-10(8)19-12(15)9(11)5-14/h2-4,6,11H,15H2,1H3. The summed E-state index contributed by atoms with van der Waals surface area (Å²) in [5.74, 6) is -0.337. The van der Waals surface area contributed by atoms with Gasteiger partial charge in [0.2, 0.25) is 11.9 Å². The second kappa shape index (κ2) is 4.90. The van der Waals surface area contributed by atoms with Crippen LogP contribution in [-0.4, -0.2) is 11.0 Å². The normalized spacial score (nSPS) is 19.1. The molecule has 1 aliphatic rings. The highest BCUT2D eigenvalue weighted by Gasteiger charge is 2.39. The first-order valence-electron chi connectivity index (χ1n) is 5.46. The molecule has 2 N–H and O–H groups in total. The zero-order chi connectivity index (χ0) is 14.2. The molecular formula is C12H10BrN3O3. The molecule has 0 radical (unpaired) electrons. The molecule has 1 heterocycles. The van der Waals surface area contributed by atoms with Crippen LogP contribution in [0.4, 0.5) is 0 Å². The van der Waals surface area contributed by atoms with Gasteiger partial charge in [0.25, 0.3) is 0 Å². The summed E-state index contributed by atoms with van der Waals surface area (Å²) in [7, 11) is 0. The van der Waals surface area contributed by atoms with Crippen molar-refractivity contribution in [1.82, 2.24) is 0 Å². The Bertz CT molecular complexity index is 621. The van der Waals surface area contributed by atoms with Crippen LogP contribution < -0.4 is 10.5 Å². The molecule has 19 heavy (non-hydrogen) atoms. The number of benzene rings is 1. The quantitative estimate of drug-likeness (QED) is 0.664. The Morgan fingerprint density at radius 2 is 2.32 bits per heavy atom. The van der Waals surface area contributed by atoms with Crippen molar-refractivity contribution in [2.75, 3.05) is 0 Å². The van der Waals surface area contributed by atoms with Crippen LogP contribution in [0.25, 0.3) is 0 Å². The van der Waals surface area contributed by atoms with Crippen molar-refractivity contribution in [2.45, 2.75) is 18.9 Å². The van der Waals surface area contributed by atoms with Gasteiger partial charge < -0.3 is 10.5 Å². The van der Waals surface area contributed by atoms with E-state index in [9.17, 15) is 10.1 Å². The molecule has 0 aromatic heterocycles. The predicted octanol–water partition coefficient (Wildman–Crippen LogP) is 2.28. The Labute approximate surface area is 117 Å². The van der Waals surface area contributed by atoms with E-state index in [0.29, 0.717) is 11.3 Å². The van der Waals surface area contributed by atoms with Crippen LogP contribution in [0.2, 0.25) is 0 Å². The lowest BCUT2D eigenvalue weighted by Crippen LogP contribution is -2.31. The molecule has 0 fully saturated rings. The van der Waals surface area contributed by atoms with E-state index in [1.165, 1.54) is 6.92 Å². The van der Waals surface area contributed by atoms with Gasteiger partial charge in [0.15, 0.2) is 0 Å². The van der Waals surface area contributed by atoms with E-state index in [1.54, 1.807) is 18.2 Å². The molecule has 0 saturated heterocycles. The van der Waals surface area contributed by atoms with Crippen molar-refractivity contribution >= 4 is 15.9 Å². The average Bonchev–Trinajstić information content (AvgIpc) is 2.36. The summed E-state index contributed by atoms with van der Waals surface area (Å²) in [6.07, 6.45) is 0. The largest absolute Gasteiger partial charge is 0.440 e. The molecule has 1 aromatic carbocycles. The second-order valence-corrected chi connectivity index (χ2v) is 5.09. The first kappa shape index (κ1) is 13.4. The summed E-state index contributed by atoms with van der Waals surface area (Å²) < 4.78 is 6.10. The Morgan fingerprint density at radius 1 is 1.63 bits per heavy atom. The summed E-state index contributed by atoms with van der Waals surface area (Å²) in [4.78, 5) is 10.6. The molecule has 0 aliphatic carbocycles. The van der Waals surface area contributed by atoms with Gasteiger partial charge in [0.1, 0.15) is 17.4 Å². The number of nitrogens with zero attached hydrogens (tertiary/aromatic N) is 2. The molecule has 2 atom stereocenters. The Kier molecular flexibility index (Phi) is 3.44. The van der Waals surface area contributed by atoms with Gasteiger partial charge in [0.05, 0.1) is 5.92 Å². The van der Waals surface area contributed by atoms with Crippen molar-refractivity contribution in [3.63, 3.8) is 0 Å². The minimum absolute atomic E-state index is 0.0731. The molecule has 1 aromatic rings. The third-order valence-electron chi connectivity index (χ3n) is 3.04. The minimum Gasteiger partial charge on any atom is -0.440 e. The summed E-state index contributed by atoms with van der Waals surface area (Å²) in [6, 6.07) is 6.07. The second-order valence-electron chi connectivity index (χ2n) is 4.18. The lowest BCUT2D eigenvalue weighted by Gasteiger charge is -2.26. The zero-order valence-corrected chi connectivity index (χ0v) is 11.5.